The molecule has 1 saturated carbocycles. The van der Waals surface area contributed by atoms with Crippen LogP contribution in [0, 0.1) is 5.41 Å². The van der Waals surface area contributed by atoms with Crippen molar-refractivity contribution in [3.8, 4) is 0 Å². The number of allylic oxidation sites excluding steroid dienone is 2. The zero-order valence-electron chi connectivity index (χ0n) is 12.1. The maximum atomic E-state index is 11.9. The number of ether oxygens (including phenoxy) is 1. The lowest BCUT2D eigenvalue weighted by Gasteiger charge is -2.46. The zero-order chi connectivity index (χ0) is 15.3. The molecule has 3 atom stereocenters. The summed E-state index contributed by atoms with van der Waals surface area (Å²) < 4.78 is 5.46. The van der Waals surface area contributed by atoms with Crippen LogP contribution in [0.1, 0.15) is 34.1 Å². The molecular formula is C15H20O5. The number of aliphatic carboxylic acids is 1. The Bertz CT molecular complexity index is 524. The topological polar surface area (TPSA) is 87.1 Å². The Kier molecular flexibility index (Phi) is 3.19. The molecule has 2 rings (SSSR count). The zero-order valence-corrected chi connectivity index (χ0v) is 12.1. The molecule has 1 saturated heterocycles. The summed E-state index contributed by atoms with van der Waals surface area (Å²) in [6.45, 7) is 6.99. The van der Waals surface area contributed by atoms with E-state index < -0.39 is 28.7 Å². The molecule has 5 heteroatoms. The van der Waals surface area contributed by atoms with E-state index in [0.29, 0.717) is 5.57 Å². The molecular weight excluding hydrogens is 260 g/mol. The van der Waals surface area contributed by atoms with Crippen LogP contribution in [0.3, 0.4) is 0 Å². The van der Waals surface area contributed by atoms with Crippen molar-refractivity contribution < 1.29 is 24.5 Å². The fourth-order valence-electron chi connectivity index (χ4n) is 3.09. The molecule has 0 radical (unpaired) electrons. The highest BCUT2D eigenvalue weighted by molar-refractivity contribution is 5.90. The van der Waals surface area contributed by atoms with Crippen molar-refractivity contribution in [3.63, 3.8) is 0 Å². The van der Waals surface area contributed by atoms with Crippen LogP contribution in [0.25, 0.3) is 0 Å². The highest BCUT2D eigenvalue weighted by atomic mass is 16.6. The third-order valence-corrected chi connectivity index (χ3v) is 4.44. The van der Waals surface area contributed by atoms with E-state index in [-0.39, 0.29) is 12.2 Å². The van der Waals surface area contributed by atoms with E-state index in [1.54, 1.807) is 26.0 Å². The molecule has 20 heavy (non-hydrogen) atoms. The van der Waals surface area contributed by atoms with Gasteiger partial charge in [0.2, 0.25) is 0 Å². The average molecular weight is 280 g/mol. The van der Waals surface area contributed by atoms with Crippen molar-refractivity contribution in [2.45, 2.75) is 51.4 Å². The number of ketones is 1. The number of aliphatic hydroxyl groups is 1. The van der Waals surface area contributed by atoms with Gasteiger partial charge in [0.15, 0.2) is 5.78 Å². The minimum absolute atomic E-state index is 0.00775. The van der Waals surface area contributed by atoms with Crippen LogP contribution in [0.15, 0.2) is 23.8 Å². The van der Waals surface area contributed by atoms with E-state index in [1.165, 1.54) is 0 Å². The van der Waals surface area contributed by atoms with Gasteiger partial charge in [-0.2, -0.15) is 0 Å². The second kappa shape index (κ2) is 4.27. The molecule has 110 valence electrons. The van der Waals surface area contributed by atoms with Gasteiger partial charge in [0.1, 0.15) is 17.3 Å². The number of carbonyl (C=O) groups is 2. The van der Waals surface area contributed by atoms with Gasteiger partial charge < -0.3 is 14.9 Å². The van der Waals surface area contributed by atoms with Crippen molar-refractivity contribution in [2.75, 3.05) is 0 Å². The molecule has 3 unspecified atom stereocenters. The van der Waals surface area contributed by atoms with Gasteiger partial charge in [-0.15, -0.1) is 0 Å². The molecule has 0 bridgehead atoms. The summed E-state index contributed by atoms with van der Waals surface area (Å²) in [6.07, 6.45) is 3.86. The molecule has 0 aromatic heterocycles. The molecule has 0 spiro atoms. The van der Waals surface area contributed by atoms with Crippen LogP contribution in [0.5, 0.6) is 0 Å². The van der Waals surface area contributed by atoms with Gasteiger partial charge in [0.25, 0.3) is 0 Å². The number of carboxylic acids is 1. The number of carbonyl (C=O) groups excluding carboxylic acids is 1. The van der Waals surface area contributed by atoms with E-state index in [2.05, 4.69) is 0 Å². The predicted octanol–water partition coefficient (Wildman–Crippen LogP) is 1.46. The average Bonchev–Trinajstić information content (AvgIpc) is 2.97. The van der Waals surface area contributed by atoms with Crippen molar-refractivity contribution in [1.29, 1.82) is 0 Å². The summed E-state index contributed by atoms with van der Waals surface area (Å²) in [5.41, 5.74) is -2.40. The summed E-state index contributed by atoms with van der Waals surface area (Å²) in [7, 11) is 0. The van der Waals surface area contributed by atoms with Gasteiger partial charge >= 0.3 is 5.97 Å². The Morgan fingerprint density at radius 1 is 1.40 bits per heavy atom. The van der Waals surface area contributed by atoms with Gasteiger partial charge in [-0.05, 0) is 25.5 Å². The SMILES string of the molecule is CC(=C/C(=O)O)/C=C/C1(O)C(C)(C)CC(=O)C2OC21C. The molecule has 1 aliphatic heterocycles. The summed E-state index contributed by atoms with van der Waals surface area (Å²) in [5.74, 6) is -1.03. The smallest absolute Gasteiger partial charge is 0.328 e. The number of fused-ring (bicyclic) bond motifs is 1. The fraction of sp³-hybridized carbons (Fsp3) is 0.600. The summed E-state index contributed by atoms with van der Waals surface area (Å²) in [6, 6.07) is 0. The minimum atomic E-state index is -1.31. The largest absolute Gasteiger partial charge is 0.478 e. The Balaban J connectivity index is 2.35. The first-order valence-electron chi connectivity index (χ1n) is 6.57. The number of carboxylic acid groups (broad SMARTS) is 1. The Labute approximate surface area is 117 Å². The minimum Gasteiger partial charge on any atom is -0.478 e. The van der Waals surface area contributed by atoms with Crippen LogP contribution in [0.2, 0.25) is 0 Å². The third kappa shape index (κ3) is 2.01. The van der Waals surface area contributed by atoms with Gasteiger partial charge in [-0.3, -0.25) is 4.79 Å². The number of hydrogen-bond donors (Lipinski definition) is 2. The van der Waals surface area contributed by atoms with Crippen molar-refractivity contribution in [2.24, 2.45) is 5.41 Å². The predicted molar refractivity (Wildman–Crippen MR) is 72.2 cm³/mol. The van der Waals surface area contributed by atoms with Crippen molar-refractivity contribution in [1.82, 2.24) is 0 Å². The first-order valence-corrected chi connectivity index (χ1v) is 6.57. The van der Waals surface area contributed by atoms with Crippen molar-refractivity contribution >= 4 is 11.8 Å². The van der Waals surface area contributed by atoms with Crippen molar-refractivity contribution in [3.05, 3.63) is 23.8 Å². The summed E-state index contributed by atoms with van der Waals surface area (Å²) in [5, 5.41) is 19.7. The monoisotopic (exact) mass is 280 g/mol. The highest BCUT2D eigenvalue weighted by Gasteiger charge is 2.75. The van der Waals surface area contributed by atoms with E-state index in [0.717, 1.165) is 6.08 Å². The first kappa shape index (κ1) is 14.9. The lowest BCUT2D eigenvalue weighted by atomic mass is 9.60. The fourth-order valence-corrected chi connectivity index (χ4v) is 3.09. The normalized spacial score (nSPS) is 39.8. The van der Waals surface area contributed by atoms with Gasteiger partial charge in [-0.25, -0.2) is 4.79 Å². The highest BCUT2D eigenvalue weighted by Crippen LogP contribution is 2.59. The third-order valence-electron chi connectivity index (χ3n) is 4.44. The van der Waals surface area contributed by atoms with Gasteiger partial charge in [0.05, 0.1) is 0 Å². The van der Waals surface area contributed by atoms with Crippen LogP contribution in [-0.4, -0.2) is 39.3 Å². The lowest BCUT2D eigenvalue weighted by molar-refractivity contribution is -0.134. The Hall–Kier alpha value is -1.46. The molecule has 0 amide bonds. The van der Waals surface area contributed by atoms with E-state index in [9.17, 15) is 14.7 Å². The molecule has 2 aliphatic rings. The Morgan fingerprint density at radius 2 is 2.00 bits per heavy atom. The molecule has 0 aromatic rings. The van der Waals surface area contributed by atoms with Gasteiger partial charge in [0, 0.05) is 17.9 Å². The standard InChI is InChI=1S/C15H20O5/c1-9(7-11(17)18)5-6-15(19)13(2,3)8-10(16)12-14(15,4)20-12/h5-7,12,19H,8H2,1-4H3,(H,17,18)/b6-5+,9-7-. The van der Waals surface area contributed by atoms with Gasteiger partial charge in [-0.1, -0.05) is 19.9 Å². The molecule has 0 aromatic carbocycles. The first-order chi connectivity index (χ1) is 9.03. The second-order valence-corrected chi connectivity index (χ2v) is 6.46. The maximum Gasteiger partial charge on any atom is 0.328 e. The molecule has 2 fully saturated rings. The number of epoxide rings is 1. The van der Waals surface area contributed by atoms with Crippen LogP contribution in [-0.2, 0) is 14.3 Å². The van der Waals surface area contributed by atoms with E-state index in [4.69, 9.17) is 9.84 Å². The number of hydrogen-bond acceptors (Lipinski definition) is 4. The lowest BCUT2D eigenvalue weighted by Crippen LogP contribution is -2.59. The molecule has 1 aliphatic carbocycles. The van der Waals surface area contributed by atoms with E-state index in [1.807, 2.05) is 13.8 Å². The Morgan fingerprint density at radius 3 is 2.55 bits per heavy atom. The number of rotatable bonds is 3. The number of Topliss-reactive ketones (excluding diaryl/α,β-unsaturated/α-hetero) is 1. The second-order valence-electron chi connectivity index (χ2n) is 6.46. The summed E-state index contributed by atoms with van der Waals surface area (Å²) >= 11 is 0. The van der Waals surface area contributed by atoms with E-state index >= 15 is 0 Å². The quantitative estimate of drug-likeness (QED) is 0.464. The summed E-state index contributed by atoms with van der Waals surface area (Å²) in [4.78, 5) is 22.5. The molecule has 5 nitrogen and oxygen atoms in total. The van der Waals surface area contributed by atoms with Crippen LogP contribution in [0.4, 0.5) is 0 Å². The van der Waals surface area contributed by atoms with Crippen LogP contribution >= 0.6 is 0 Å². The maximum absolute atomic E-state index is 11.9. The molecule has 2 N–H and O–H groups in total. The van der Waals surface area contributed by atoms with Crippen LogP contribution < -0.4 is 0 Å². The molecule has 1 heterocycles.